The number of phenols is 2. The van der Waals surface area contributed by atoms with Crippen LogP contribution in [0.4, 0.5) is 5.82 Å². The van der Waals surface area contributed by atoms with E-state index in [1.165, 1.54) is 18.6 Å². The number of pyridine rings is 1. The zero-order valence-electron chi connectivity index (χ0n) is 15.8. The molecule has 2 aromatic rings. The number of carbonyl (C=O) groups excluding carboxylic acids is 1. The van der Waals surface area contributed by atoms with Crippen LogP contribution < -0.4 is 4.90 Å². The smallest absolute Gasteiger partial charge is 0.235 e. The van der Waals surface area contributed by atoms with Crippen LogP contribution >= 0.6 is 0 Å². The highest BCUT2D eigenvalue weighted by Crippen LogP contribution is 2.35. The van der Waals surface area contributed by atoms with E-state index in [1.807, 2.05) is 30.0 Å². The lowest BCUT2D eigenvalue weighted by Crippen LogP contribution is -2.44. The summed E-state index contributed by atoms with van der Waals surface area (Å²) in [5.74, 6) is -0.0183. The van der Waals surface area contributed by atoms with E-state index in [4.69, 9.17) is 0 Å². The lowest BCUT2D eigenvalue weighted by molar-refractivity contribution is -0.120. The van der Waals surface area contributed by atoms with Gasteiger partial charge < -0.3 is 10.2 Å². The van der Waals surface area contributed by atoms with Crippen molar-refractivity contribution in [1.82, 2.24) is 4.98 Å². The number of phenolic OH excluding ortho intramolecular Hbond substituents is 2. The molecule has 0 spiro atoms. The highest BCUT2D eigenvalue weighted by molar-refractivity contribution is 5.98. The first-order valence-electron chi connectivity index (χ1n) is 9.87. The second kappa shape index (κ2) is 8.89. The minimum absolute atomic E-state index is 0.0209. The number of hydrogen-bond acceptors (Lipinski definition) is 4. The molecule has 1 aromatic carbocycles. The predicted octanol–water partition coefficient (Wildman–Crippen LogP) is 4.74. The Morgan fingerprint density at radius 1 is 1.15 bits per heavy atom. The molecule has 0 saturated heterocycles. The standard InChI is InChI=1S/C22H28N2O3/c1-2-8-18(16-12-13-19(25)20(26)15-16)22(27)24(17-9-4-3-5-10-17)21-11-6-7-14-23-21/h6-7,11-15,17-18,25-26H,2-5,8-10H2,1H3. The van der Waals surface area contributed by atoms with Gasteiger partial charge in [0.1, 0.15) is 5.82 Å². The number of amides is 1. The van der Waals surface area contributed by atoms with E-state index in [2.05, 4.69) is 4.98 Å². The first-order valence-corrected chi connectivity index (χ1v) is 9.87. The average Bonchev–Trinajstić information content (AvgIpc) is 2.70. The van der Waals surface area contributed by atoms with Gasteiger partial charge in [0, 0.05) is 12.2 Å². The Morgan fingerprint density at radius 2 is 1.93 bits per heavy atom. The summed E-state index contributed by atoms with van der Waals surface area (Å²) >= 11 is 0. The maximum absolute atomic E-state index is 13.7. The maximum atomic E-state index is 13.7. The van der Waals surface area contributed by atoms with Crippen LogP contribution in [-0.2, 0) is 4.79 Å². The van der Waals surface area contributed by atoms with Gasteiger partial charge >= 0.3 is 0 Å². The number of hydrogen-bond donors (Lipinski definition) is 2. The van der Waals surface area contributed by atoms with Gasteiger partial charge in [0.25, 0.3) is 0 Å². The summed E-state index contributed by atoms with van der Waals surface area (Å²) in [5, 5.41) is 19.5. The quantitative estimate of drug-likeness (QED) is 0.722. The average molecular weight is 368 g/mol. The molecule has 2 N–H and O–H groups in total. The Balaban J connectivity index is 1.97. The molecular formula is C22H28N2O3. The van der Waals surface area contributed by atoms with Gasteiger partial charge in [0.2, 0.25) is 5.91 Å². The molecule has 1 saturated carbocycles. The van der Waals surface area contributed by atoms with Crippen molar-refractivity contribution in [3.8, 4) is 11.5 Å². The fraction of sp³-hybridized carbons (Fsp3) is 0.455. The molecule has 1 aliphatic carbocycles. The van der Waals surface area contributed by atoms with E-state index in [9.17, 15) is 15.0 Å². The summed E-state index contributed by atoms with van der Waals surface area (Å²) in [5.41, 5.74) is 0.730. The molecule has 27 heavy (non-hydrogen) atoms. The fourth-order valence-electron chi connectivity index (χ4n) is 3.96. The summed E-state index contributed by atoms with van der Waals surface area (Å²) in [6, 6.07) is 10.5. The Kier molecular flexibility index (Phi) is 6.32. The number of benzene rings is 1. The third-order valence-corrected chi connectivity index (χ3v) is 5.35. The van der Waals surface area contributed by atoms with Crippen molar-refractivity contribution in [2.75, 3.05) is 4.90 Å². The second-order valence-corrected chi connectivity index (χ2v) is 7.28. The monoisotopic (exact) mass is 368 g/mol. The number of aromatic hydroxyl groups is 2. The minimum atomic E-state index is -0.370. The van der Waals surface area contributed by atoms with Gasteiger partial charge in [0.05, 0.1) is 5.92 Å². The number of aromatic nitrogens is 1. The van der Waals surface area contributed by atoms with Crippen LogP contribution in [0.1, 0.15) is 63.4 Å². The van der Waals surface area contributed by atoms with Gasteiger partial charge in [-0.3, -0.25) is 9.69 Å². The molecule has 144 valence electrons. The van der Waals surface area contributed by atoms with Crippen molar-refractivity contribution >= 4 is 11.7 Å². The van der Waals surface area contributed by atoms with Gasteiger partial charge in [-0.1, -0.05) is 44.7 Å². The van der Waals surface area contributed by atoms with Crippen molar-refractivity contribution in [1.29, 1.82) is 0 Å². The Labute approximate surface area is 160 Å². The van der Waals surface area contributed by atoms with Crippen LogP contribution in [0.25, 0.3) is 0 Å². The van der Waals surface area contributed by atoms with Crippen molar-refractivity contribution in [2.24, 2.45) is 0 Å². The van der Waals surface area contributed by atoms with E-state index in [0.717, 1.165) is 37.7 Å². The highest BCUT2D eigenvalue weighted by Gasteiger charge is 2.33. The van der Waals surface area contributed by atoms with E-state index in [1.54, 1.807) is 12.3 Å². The molecule has 1 aromatic heterocycles. The molecule has 3 rings (SSSR count). The van der Waals surface area contributed by atoms with Crippen molar-refractivity contribution in [3.05, 3.63) is 48.2 Å². The summed E-state index contributed by atoms with van der Waals surface area (Å²) in [6.07, 6.45) is 8.69. The summed E-state index contributed by atoms with van der Waals surface area (Å²) in [7, 11) is 0. The first kappa shape index (κ1) is 19.2. The molecule has 0 aliphatic heterocycles. The molecule has 1 amide bonds. The fourth-order valence-corrected chi connectivity index (χ4v) is 3.96. The third-order valence-electron chi connectivity index (χ3n) is 5.35. The van der Waals surface area contributed by atoms with E-state index in [0.29, 0.717) is 12.2 Å². The normalized spacial score (nSPS) is 16.0. The number of carbonyl (C=O) groups is 1. The van der Waals surface area contributed by atoms with E-state index in [-0.39, 0.29) is 29.4 Å². The lowest BCUT2D eigenvalue weighted by Gasteiger charge is -2.36. The molecule has 5 heteroatoms. The van der Waals surface area contributed by atoms with Crippen LogP contribution in [0.3, 0.4) is 0 Å². The molecule has 1 fully saturated rings. The Morgan fingerprint density at radius 3 is 2.56 bits per heavy atom. The SMILES string of the molecule is CCCC(C(=O)N(c1ccccn1)C1CCCCC1)c1ccc(O)c(O)c1. The zero-order valence-corrected chi connectivity index (χ0v) is 15.8. The largest absolute Gasteiger partial charge is 0.504 e. The summed E-state index contributed by atoms with van der Waals surface area (Å²) in [4.78, 5) is 20.0. The van der Waals surface area contributed by atoms with Crippen molar-refractivity contribution < 1.29 is 15.0 Å². The minimum Gasteiger partial charge on any atom is -0.504 e. The first-order chi connectivity index (χ1) is 13.1. The Hall–Kier alpha value is -2.56. The van der Waals surface area contributed by atoms with Gasteiger partial charge in [-0.25, -0.2) is 4.98 Å². The van der Waals surface area contributed by atoms with Gasteiger partial charge in [0.15, 0.2) is 11.5 Å². The van der Waals surface area contributed by atoms with Crippen LogP contribution in [0.15, 0.2) is 42.6 Å². The van der Waals surface area contributed by atoms with E-state index >= 15 is 0 Å². The molecular weight excluding hydrogens is 340 g/mol. The molecule has 1 unspecified atom stereocenters. The van der Waals surface area contributed by atoms with Crippen molar-refractivity contribution in [3.63, 3.8) is 0 Å². The molecule has 1 heterocycles. The van der Waals surface area contributed by atoms with Crippen LogP contribution in [0.2, 0.25) is 0 Å². The van der Waals surface area contributed by atoms with Crippen molar-refractivity contribution in [2.45, 2.75) is 63.8 Å². The predicted molar refractivity (Wildman–Crippen MR) is 106 cm³/mol. The molecule has 5 nitrogen and oxygen atoms in total. The zero-order chi connectivity index (χ0) is 19.2. The number of nitrogens with zero attached hydrogens (tertiary/aromatic N) is 2. The number of anilines is 1. The second-order valence-electron chi connectivity index (χ2n) is 7.28. The van der Waals surface area contributed by atoms with Crippen LogP contribution in [-0.4, -0.2) is 27.1 Å². The Bertz CT molecular complexity index is 757. The molecule has 1 aliphatic rings. The van der Waals surface area contributed by atoms with Crippen LogP contribution in [0, 0.1) is 0 Å². The van der Waals surface area contributed by atoms with E-state index < -0.39 is 0 Å². The third kappa shape index (κ3) is 4.41. The highest BCUT2D eigenvalue weighted by atomic mass is 16.3. The summed E-state index contributed by atoms with van der Waals surface area (Å²) in [6.45, 7) is 2.05. The molecule has 1 atom stereocenters. The van der Waals surface area contributed by atoms with Gasteiger partial charge in [-0.2, -0.15) is 0 Å². The molecule has 0 radical (unpaired) electrons. The van der Waals surface area contributed by atoms with Gasteiger partial charge in [-0.15, -0.1) is 0 Å². The topological polar surface area (TPSA) is 73.7 Å². The van der Waals surface area contributed by atoms with Crippen LogP contribution in [0.5, 0.6) is 11.5 Å². The maximum Gasteiger partial charge on any atom is 0.235 e. The lowest BCUT2D eigenvalue weighted by atomic mass is 9.89. The summed E-state index contributed by atoms with van der Waals surface area (Å²) < 4.78 is 0. The number of rotatable bonds is 6. The van der Waals surface area contributed by atoms with Gasteiger partial charge in [-0.05, 0) is 49.1 Å². The molecule has 0 bridgehead atoms.